The SMILES string of the molecule is COc1ccc(CCNc2ccc(-c3ccc(Cl)cc3)nn2)cc1OC. The predicted molar refractivity (Wildman–Crippen MR) is 104 cm³/mol. The van der Waals surface area contributed by atoms with Gasteiger partial charge in [0.05, 0.1) is 19.9 Å². The molecule has 0 aliphatic heterocycles. The van der Waals surface area contributed by atoms with Crippen LogP contribution in [0.25, 0.3) is 11.3 Å². The van der Waals surface area contributed by atoms with Crippen LogP contribution in [-0.2, 0) is 6.42 Å². The molecule has 0 fully saturated rings. The molecule has 0 aliphatic rings. The number of ether oxygens (including phenoxy) is 2. The van der Waals surface area contributed by atoms with E-state index in [9.17, 15) is 0 Å². The Kier molecular flexibility index (Phi) is 5.92. The van der Waals surface area contributed by atoms with Crippen molar-refractivity contribution in [3.8, 4) is 22.8 Å². The zero-order valence-corrected chi connectivity index (χ0v) is 15.5. The Morgan fingerprint density at radius 3 is 2.31 bits per heavy atom. The molecular formula is C20H20ClN3O2. The molecule has 26 heavy (non-hydrogen) atoms. The van der Waals surface area contributed by atoms with Crippen LogP contribution in [0, 0.1) is 0 Å². The maximum Gasteiger partial charge on any atom is 0.160 e. The molecule has 1 heterocycles. The molecule has 0 aliphatic carbocycles. The Labute approximate surface area is 157 Å². The van der Waals surface area contributed by atoms with Gasteiger partial charge in [-0.1, -0.05) is 29.8 Å². The summed E-state index contributed by atoms with van der Waals surface area (Å²) in [5, 5.41) is 12.5. The monoisotopic (exact) mass is 369 g/mol. The number of anilines is 1. The molecule has 1 N–H and O–H groups in total. The summed E-state index contributed by atoms with van der Waals surface area (Å²) in [5.74, 6) is 2.20. The number of rotatable bonds is 7. The van der Waals surface area contributed by atoms with Crippen molar-refractivity contribution in [3.05, 3.63) is 65.2 Å². The Balaban J connectivity index is 1.57. The second-order valence-electron chi connectivity index (χ2n) is 5.68. The lowest BCUT2D eigenvalue weighted by Crippen LogP contribution is -2.07. The van der Waals surface area contributed by atoms with Gasteiger partial charge in [-0.05, 0) is 48.4 Å². The van der Waals surface area contributed by atoms with Crippen molar-refractivity contribution in [3.63, 3.8) is 0 Å². The summed E-state index contributed by atoms with van der Waals surface area (Å²) < 4.78 is 10.6. The largest absolute Gasteiger partial charge is 0.493 e. The molecule has 0 saturated carbocycles. The van der Waals surface area contributed by atoms with E-state index < -0.39 is 0 Å². The van der Waals surface area contributed by atoms with Crippen LogP contribution in [0.1, 0.15) is 5.56 Å². The summed E-state index contributed by atoms with van der Waals surface area (Å²) >= 11 is 5.91. The van der Waals surface area contributed by atoms with Crippen LogP contribution < -0.4 is 14.8 Å². The number of aromatic nitrogens is 2. The highest BCUT2D eigenvalue weighted by atomic mass is 35.5. The first-order valence-corrected chi connectivity index (χ1v) is 8.62. The van der Waals surface area contributed by atoms with Crippen molar-refractivity contribution < 1.29 is 9.47 Å². The molecule has 3 rings (SSSR count). The van der Waals surface area contributed by atoms with Crippen LogP contribution in [0.15, 0.2) is 54.6 Å². The minimum atomic E-state index is 0.704. The Hall–Kier alpha value is -2.79. The van der Waals surface area contributed by atoms with Gasteiger partial charge in [-0.2, -0.15) is 0 Å². The smallest absolute Gasteiger partial charge is 0.160 e. The highest BCUT2D eigenvalue weighted by molar-refractivity contribution is 6.30. The van der Waals surface area contributed by atoms with E-state index in [1.54, 1.807) is 14.2 Å². The molecule has 0 unspecified atom stereocenters. The van der Waals surface area contributed by atoms with Crippen molar-refractivity contribution in [2.75, 3.05) is 26.1 Å². The van der Waals surface area contributed by atoms with Gasteiger partial charge >= 0.3 is 0 Å². The van der Waals surface area contributed by atoms with Crippen LogP contribution >= 0.6 is 11.6 Å². The van der Waals surface area contributed by atoms with E-state index in [0.29, 0.717) is 5.02 Å². The van der Waals surface area contributed by atoms with Crippen LogP contribution in [-0.4, -0.2) is 31.0 Å². The van der Waals surface area contributed by atoms with E-state index in [0.717, 1.165) is 47.1 Å². The Morgan fingerprint density at radius 1 is 0.885 bits per heavy atom. The van der Waals surface area contributed by atoms with Gasteiger partial charge in [0.15, 0.2) is 11.5 Å². The van der Waals surface area contributed by atoms with Gasteiger partial charge in [-0.3, -0.25) is 0 Å². The van der Waals surface area contributed by atoms with Crippen molar-refractivity contribution in [2.24, 2.45) is 0 Å². The lowest BCUT2D eigenvalue weighted by molar-refractivity contribution is 0.354. The third-order valence-electron chi connectivity index (χ3n) is 3.97. The van der Waals surface area contributed by atoms with Crippen LogP contribution in [0.5, 0.6) is 11.5 Å². The summed E-state index contributed by atoms with van der Waals surface area (Å²) in [7, 11) is 3.27. The van der Waals surface area contributed by atoms with Gasteiger partial charge in [-0.25, -0.2) is 0 Å². The number of halogens is 1. The molecule has 6 heteroatoms. The third-order valence-corrected chi connectivity index (χ3v) is 4.22. The molecular weight excluding hydrogens is 350 g/mol. The lowest BCUT2D eigenvalue weighted by Gasteiger charge is -2.10. The predicted octanol–water partition coefficient (Wildman–Crippen LogP) is 4.47. The standard InChI is InChI=1S/C20H20ClN3O2/c1-25-18-9-3-14(13-19(18)26-2)11-12-22-20-10-8-17(23-24-20)15-4-6-16(21)7-5-15/h3-10,13H,11-12H2,1-2H3,(H,22,24). The van der Waals surface area contributed by atoms with Gasteiger partial charge in [0, 0.05) is 17.1 Å². The molecule has 134 valence electrons. The lowest BCUT2D eigenvalue weighted by atomic mass is 10.1. The molecule has 0 bridgehead atoms. The van der Waals surface area contributed by atoms with Crippen molar-refractivity contribution >= 4 is 17.4 Å². The maximum atomic E-state index is 5.91. The maximum absolute atomic E-state index is 5.91. The quantitative estimate of drug-likeness (QED) is 0.666. The summed E-state index contributed by atoms with van der Waals surface area (Å²) in [4.78, 5) is 0. The fourth-order valence-corrected chi connectivity index (χ4v) is 2.70. The fourth-order valence-electron chi connectivity index (χ4n) is 2.57. The molecule has 0 saturated heterocycles. The summed E-state index contributed by atoms with van der Waals surface area (Å²) in [6.45, 7) is 0.741. The van der Waals surface area contributed by atoms with Gasteiger partial charge in [0.2, 0.25) is 0 Å². The zero-order chi connectivity index (χ0) is 18.4. The average Bonchev–Trinajstić information content (AvgIpc) is 2.69. The third kappa shape index (κ3) is 4.43. The first-order valence-electron chi connectivity index (χ1n) is 8.24. The number of benzene rings is 2. The van der Waals surface area contributed by atoms with Crippen molar-refractivity contribution in [1.82, 2.24) is 10.2 Å². The molecule has 0 amide bonds. The number of methoxy groups -OCH3 is 2. The molecule has 5 nitrogen and oxygen atoms in total. The first kappa shape index (κ1) is 18.0. The summed E-state index contributed by atoms with van der Waals surface area (Å²) in [6.07, 6.45) is 0.834. The molecule has 2 aromatic carbocycles. The molecule has 3 aromatic rings. The summed E-state index contributed by atoms with van der Waals surface area (Å²) in [6, 6.07) is 17.3. The van der Waals surface area contributed by atoms with Gasteiger partial charge < -0.3 is 14.8 Å². The highest BCUT2D eigenvalue weighted by Gasteiger charge is 2.05. The molecule has 1 aromatic heterocycles. The van der Waals surface area contributed by atoms with E-state index in [1.165, 1.54) is 0 Å². The Bertz CT molecular complexity index is 852. The number of nitrogens with zero attached hydrogens (tertiary/aromatic N) is 2. The zero-order valence-electron chi connectivity index (χ0n) is 14.7. The topological polar surface area (TPSA) is 56.3 Å². The van der Waals surface area contributed by atoms with Gasteiger partial charge in [-0.15, -0.1) is 10.2 Å². The average molecular weight is 370 g/mol. The van der Waals surface area contributed by atoms with E-state index in [4.69, 9.17) is 21.1 Å². The number of nitrogens with one attached hydrogen (secondary N) is 1. The van der Waals surface area contributed by atoms with Crippen molar-refractivity contribution in [2.45, 2.75) is 6.42 Å². The number of hydrogen-bond acceptors (Lipinski definition) is 5. The first-order chi connectivity index (χ1) is 12.7. The fraction of sp³-hybridized carbons (Fsp3) is 0.200. The second kappa shape index (κ2) is 8.54. The van der Waals surface area contributed by atoms with Gasteiger partial charge in [0.25, 0.3) is 0 Å². The van der Waals surface area contributed by atoms with Crippen LogP contribution in [0.2, 0.25) is 5.02 Å². The minimum Gasteiger partial charge on any atom is -0.493 e. The summed E-state index contributed by atoms with van der Waals surface area (Å²) in [5.41, 5.74) is 2.95. The van der Waals surface area contributed by atoms with Gasteiger partial charge in [0.1, 0.15) is 5.82 Å². The highest BCUT2D eigenvalue weighted by Crippen LogP contribution is 2.27. The second-order valence-corrected chi connectivity index (χ2v) is 6.11. The minimum absolute atomic E-state index is 0.704. The molecule has 0 spiro atoms. The van der Waals surface area contributed by atoms with Crippen molar-refractivity contribution in [1.29, 1.82) is 0 Å². The number of hydrogen-bond donors (Lipinski definition) is 1. The van der Waals surface area contributed by atoms with Crippen LogP contribution in [0.4, 0.5) is 5.82 Å². The van der Waals surface area contributed by atoms with E-state index >= 15 is 0 Å². The van der Waals surface area contributed by atoms with Crippen LogP contribution in [0.3, 0.4) is 0 Å². The van der Waals surface area contributed by atoms with E-state index in [1.807, 2.05) is 54.6 Å². The normalized spacial score (nSPS) is 10.4. The van der Waals surface area contributed by atoms with E-state index in [-0.39, 0.29) is 0 Å². The Morgan fingerprint density at radius 2 is 1.65 bits per heavy atom. The van der Waals surface area contributed by atoms with E-state index in [2.05, 4.69) is 15.5 Å². The molecule has 0 radical (unpaired) electrons. The molecule has 0 atom stereocenters.